The van der Waals surface area contributed by atoms with Gasteiger partial charge in [0, 0.05) is 16.9 Å². The van der Waals surface area contributed by atoms with Crippen LogP contribution in [0.4, 0.5) is 17.1 Å². The van der Waals surface area contributed by atoms with E-state index in [9.17, 15) is 4.79 Å². The van der Waals surface area contributed by atoms with Crippen LogP contribution in [0.1, 0.15) is 10.4 Å². The zero-order chi connectivity index (χ0) is 15.9. The van der Waals surface area contributed by atoms with Gasteiger partial charge in [-0.15, -0.1) is 0 Å². The molecule has 3 N–H and O–H groups in total. The summed E-state index contributed by atoms with van der Waals surface area (Å²) >= 11 is 0. The molecule has 0 aliphatic heterocycles. The fourth-order valence-electron chi connectivity index (χ4n) is 2.12. The average molecular weight is 303 g/mol. The van der Waals surface area contributed by atoms with E-state index >= 15 is 0 Å². The molecule has 0 radical (unpaired) electrons. The van der Waals surface area contributed by atoms with E-state index in [1.807, 2.05) is 72.8 Å². The van der Waals surface area contributed by atoms with Crippen molar-refractivity contribution in [3.63, 3.8) is 0 Å². The maximum Gasteiger partial charge on any atom is 0.269 e. The van der Waals surface area contributed by atoms with Crippen molar-refractivity contribution in [2.75, 3.05) is 10.7 Å². The molecule has 114 valence electrons. The van der Waals surface area contributed by atoms with E-state index in [0.29, 0.717) is 5.56 Å². The predicted octanol–water partition coefficient (Wildman–Crippen LogP) is 4.19. The number of hydrazine groups is 1. The summed E-state index contributed by atoms with van der Waals surface area (Å²) in [7, 11) is 0. The van der Waals surface area contributed by atoms with Gasteiger partial charge in [0.25, 0.3) is 5.91 Å². The van der Waals surface area contributed by atoms with Crippen molar-refractivity contribution < 1.29 is 4.79 Å². The molecular weight excluding hydrogens is 286 g/mol. The normalized spacial score (nSPS) is 9.91. The number of para-hydroxylation sites is 2. The van der Waals surface area contributed by atoms with Gasteiger partial charge < -0.3 is 5.32 Å². The number of anilines is 3. The van der Waals surface area contributed by atoms with Crippen LogP contribution in [-0.2, 0) is 0 Å². The molecule has 0 saturated heterocycles. The Morgan fingerprint density at radius 2 is 1.13 bits per heavy atom. The summed E-state index contributed by atoms with van der Waals surface area (Å²) < 4.78 is 0. The van der Waals surface area contributed by atoms with Crippen LogP contribution in [-0.4, -0.2) is 5.91 Å². The number of hydrogen-bond acceptors (Lipinski definition) is 3. The van der Waals surface area contributed by atoms with Gasteiger partial charge in [-0.1, -0.05) is 36.4 Å². The van der Waals surface area contributed by atoms with Gasteiger partial charge in [0.15, 0.2) is 0 Å². The molecule has 0 saturated carbocycles. The summed E-state index contributed by atoms with van der Waals surface area (Å²) in [5.74, 6) is -0.180. The lowest BCUT2D eigenvalue weighted by molar-refractivity contribution is 0.0962. The second-order valence-corrected chi connectivity index (χ2v) is 5.01. The third-order valence-electron chi connectivity index (χ3n) is 3.30. The van der Waals surface area contributed by atoms with Crippen LogP contribution in [0.15, 0.2) is 84.9 Å². The van der Waals surface area contributed by atoms with Crippen molar-refractivity contribution in [2.45, 2.75) is 0 Å². The second-order valence-electron chi connectivity index (χ2n) is 5.01. The summed E-state index contributed by atoms with van der Waals surface area (Å²) in [5.41, 5.74) is 8.93. The minimum Gasteiger partial charge on any atom is -0.356 e. The predicted molar refractivity (Wildman–Crippen MR) is 93.7 cm³/mol. The van der Waals surface area contributed by atoms with Gasteiger partial charge in [-0.2, -0.15) is 0 Å². The van der Waals surface area contributed by atoms with Gasteiger partial charge in [0.05, 0.1) is 5.69 Å². The first-order valence-electron chi connectivity index (χ1n) is 7.35. The molecule has 4 heteroatoms. The minimum absolute atomic E-state index is 0.180. The molecule has 0 unspecified atom stereocenters. The highest BCUT2D eigenvalue weighted by atomic mass is 16.2. The van der Waals surface area contributed by atoms with E-state index in [1.165, 1.54) is 0 Å². The van der Waals surface area contributed by atoms with Crippen LogP contribution >= 0.6 is 0 Å². The van der Waals surface area contributed by atoms with Gasteiger partial charge in [-0.25, -0.2) is 0 Å². The van der Waals surface area contributed by atoms with Crippen molar-refractivity contribution in [2.24, 2.45) is 0 Å². The smallest absolute Gasteiger partial charge is 0.269 e. The van der Waals surface area contributed by atoms with Gasteiger partial charge in [-0.05, 0) is 48.5 Å². The molecule has 0 aromatic heterocycles. The molecule has 0 fully saturated rings. The van der Waals surface area contributed by atoms with Crippen LogP contribution in [0.3, 0.4) is 0 Å². The second kappa shape index (κ2) is 7.13. The Bertz CT molecular complexity index is 756. The molecule has 0 heterocycles. The summed E-state index contributed by atoms with van der Waals surface area (Å²) in [5, 5.41) is 3.28. The number of benzene rings is 3. The first-order chi connectivity index (χ1) is 11.3. The summed E-state index contributed by atoms with van der Waals surface area (Å²) in [4.78, 5) is 12.1. The van der Waals surface area contributed by atoms with Crippen LogP contribution in [0.2, 0.25) is 0 Å². The molecular formula is C19H17N3O. The summed E-state index contributed by atoms with van der Waals surface area (Å²) in [6.45, 7) is 0. The molecule has 23 heavy (non-hydrogen) atoms. The standard InChI is InChI=1S/C19H17N3O/c23-19(22-21-18-9-5-2-6-10-18)15-11-13-17(14-12-15)20-16-7-3-1-4-8-16/h1-14,20-21H,(H,22,23). The monoisotopic (exact) mass is 303 g/mol. The van der Waals surface area contributed by atoms with E-state index in [0.717, 1.165) is 17.1 Å². The zero-order valence-electron chi connectivity index (χ0n) is 12.5. The number of carbonyl (C=O) groups is 1. The maximum absolute atomic E-state index is 12.1. The molecule has 3 aromatic carbocycles. The third-order valence-corrected chi connectivity index (χ3v) is 3.30. The van der Waals surface area contributed by atoms with Gasteiger partial charge in [0.2, 0.25) is 0 Å². The highest BCUT2D eigenvalue weighted by molar-refractivity contribution is 5.95. The van der Waals surface area contributed by atoms with Gasteiger partial charge >= 0.3 is 0 Å². The van der Waals surface area contributed by atoms with E-state index in [-0.39, 0.29) is 5.91 Å². The third kappa shape index (κ3) is 4.11. The van der Waals surface area contributed by atoms with E-state index in [1.54, 1.807) is 12.1 Å². The van der Waals surface area contributed by atoms with Crippen LogP contribution in [0.5, 0.6) is 0 Å². The number of rotatable bonds is 5. The molecule has 0 atom stereocenters. The maximum atomic E-state index is 12.1. The lowest BCUT2D eigenvalue weighted by Crippen LogP contribution is -2.29. The molecule has 0 spiro atoms. The Labute approximate surface area is 135 Å². The number of hydrogen-bond donors (Lipinski definition) is 3. The SMILES string of the molecule is O=C(NNc1ccccc1)c1ccc(Nc2ccccc2)cc1. The first kappa shape index (κ1) is 14.7. The molecule has 3 aromatic rings. The number of carbonyl (C=O) groups excluding carboxylic acids is 1. The number of amides is 1. The Morgan fingerprint density at radius 1 is 0.609 bits per heavy atom. The Hall–Kier alpha value is -3.27. The van der Waals surface area contributed by atoms with Gasteiger partial charge in [-0.3, -0.25) is 15.6 Å². The van der Waals surface area contributed by atoms with Crippen LogP contribution < -0.4 is 16.2 Å². The topological polar surface area (TPSA) is 53.2 Å². The van der Waals surface area contributed by atoms with E-state index in [4.69, 9.17) is 0 Å². The van der Waals surface area contributed by atoms with Crippen molar-refractivity contribution in [3.8, 4) is 0 Å². The fourth-order valence-corrected chi connectivity index (χ4v) is 2.12. The van der Waals surface area contributed by atoms with Crippen molar-refractivity contribution in [1.82, 2.24) is 5.43 Å². The number of nitrogens with one attached hydrogen (secondary N) is 3. The molecule has 4 nitrogen and oxygen atoms in total. The van der Waals surface area contributed by atoms with Crippen LogP contribution in [0, 0.1) is 0 Å². The first-order valence-corrected chi connectivity index (χ1v) is 7.35. The average Bonchev–Trinajstić information content (AvgIpc) is 2.62. The van der Waals surface area contributed by atoms with Crippen LogP contribution in [0.25, 0.3) is 0 Å². The molecule has 0 aliphatic rings. The summed E-state index contributed by atoms with van der Waals surface area (Å²) in [6.07, 6.45) is 0. The minimum atomic E-state index is -0.180. The van der Waals surface area contributed by atoms with Gasteiger partial charge in [0.1, 0.15) is 0 Å². The summed E-state index contributed by atoms with van der Waals surface area (Å²) in [6, 6.07) is 26.7. The Kier molecular flexibility index (Phi) is 4.55. The fraction of sp³-hybridized carbons (Fsp3) is 0. The molecule has 3 rings (SSSR count). The highest BCUT2D eigenvalue weighted by Gasteiger charge is 2.04. The van der Waals surface area contributed by atoms with Crippen molar-refractivity contribution in [1.29, 1.82) is 0 Å². The van der Waals surface area contributed by atoms with Crippen molar-refractivity contribution in [3.05, 3.63) is 90.5 Å². The molecule has 0 bridgehead atoms. The lowest BCUT2D eigenvalue weighted by atomic mass is 10.2. The lowest BCUT2D eigenvalue weighted by Gasteiger charge is -2.09. The molecule has 1 amide bonds. The zero-order valence-corrected chi connectivity index (χ0v) is 12.5. The largest absolute Gasteiger partial charge is 0.356 e. The Balaban J connectivity index is 1.59. The van der Waals surface area contributed by atoms with Crippen molar-refractivity contribution >= 4 is 23.0 Å². The quantitative estimate of drug-likeness (QED) is 0.620. The van der Waals surface area contributed by atoms with E-state index in [2.05, 4.69) is 16.2 Å². The van der Waals surface area contributed by atoms with E-state index < -0.39 is 0 Å². The highest BCUT2D eigenvalue weighted by Crippen LogP contribution is 2.16. The molecule has 0 aliphatic carbocycles. The Morgan fingerprint density at radius 3 is 1.74 bits per heavy atom.